The Labute approximate surface area is 166 Å². The minimum atomic E-state index is 0.144. The molecule has 2 N–H and O–H groups in total. The van der Waals surface area contributed by atoms with Crippen LogP contribution in [0.25, 0.3) is 11.3 Å². The highest BCUT2D eigenvalue weighted by Gasteiger charge is 2.08. The molecule has 0 radical (unpaired) electrons. The van der Waals surface area contributed by atoms with E-state index in [4.69, 9.17) is 9.47 Å². The maximum absolute atomic E-state index is 5.69. The van der Waals surface area contributed by atoms with E-state index in [1.165, 1.54) is 0 Å². The van der Waals surface area contributed by atoms with Crippen molar-refractivity contribution in [2.45, 2.75) is 20.0 Å². The molecule has 28 heavy (non-hydrogen) atoms. The van der Waals surface area contributed by atoms with Crippen molar-refractivity contribution in [3.05, 3.63) is 60.7 Å². The van der Waals surface area contributed by atoms with E-state index < -0.39 is 0 Å². The smallest absolute Gasteiger partial charge is 0.229 e. The van der Waals surface area contributed by atoms with Gasteiger partial charge in [0.1, 0.15) is 11.6 Å². The van der Waals surface area contributed by atoms with Crippen molar-refractivity contribution < 1.29 is 9.47 Å². The summed E-state index contributed by atoms with van der Waals surface area (Å²) in [7, 11) is 1.68. The van der Waals surface area contributed by atoms with Gasteiger partial charge in [0.25, 0.3) is 0 Å². The molecular formula is C22H26N4O2. The van der Waals surface area contributed by atoms with Crippen molar-refractivity contribution in [2.24, 2.45) is 0 Å². The van der Waals surface area contributed by atoms with Crippen molar-refractivity contribution in [3.63, 3.8) is 0 Å². The standard InChI is InChI=1S/C22H26N4O2/c1-16(2)28-19-11-9-18(10-12-19)24-22-25-20(17-7-5-4-6-8-17)15-21(26-22)23-13-14-27-3/h4-12,15-16H,13-14H2,1-3H3,(H2,23,24,25,26). The molecule has 2 aromatic carbocycles. The van der Waals surface area contributed by atoms with Crippen LogP contribution in [0, 0.1) is 0 Å². The normalized spacial score (nSPS) is 10.7. The number of ether oxygens (including phenoxy) is 2. The molecule has 0 saturated heterocycles. The van der Waals surface area contributed by atoms with Crippen LogP contribution in [0.1, 0.15) is 13.8 Å². The number of nitrogens with zero attached hydrogens (tertiary/aromatic N) is 2. The molecule has 0 atom stereocenters. The zero-order valence-electron chi connectivity index (χ0n) is 16.5. The Morgan fingerprint density at radius 2 is 1.71 bits per heavy atom. The van der Waals surface area contributed by atoms with Crippen molar-refractivity contribution in [2.75, 3.05) is 30.9 Å². The van der Waals surface area contributed by atoms with Gasteiger partial charge in [0.05, 0.1) is 18.4 Å². The van der Waals surface area contributed by atoms with Crippen molar-refractivity contribution in [1.82, 2.24) is 9.97 Å². The molecule has 6 heteroatoms. The Morgan fingerprint density at radius 3 is 2.39 bits per heavy atom. The molecule has 1 heterocycles. The van der Waals surface area contributed by atoms with E-state index in [0.717, 1.165) is 28.5 Å². The van der Waals surface area contributed by atoms with Gasteiger partial charge in [-0.15, -0.1) is 0 Å². The van der Waals surface area contributed by atoms with Crippen LogP contribution in [-0.4, -0.2) is 36.3 Å². The van der Waals surface area contributed by atoms with Crippen LogP contribution >= 0.6 is 0 Å². The average molecular weight is 378 g/mol. The fourth-order valence-electron chi connectivity index (χ4n) is 2.65. The number of aromatic nitrogens is 2. The molecule has 0 unspecified atom stereocenters. The lowest BCUT2D eigenvalue weighted by Gasteiger charge is -2.13. The van der Waals surface area contributed by atoms with E-state index in [1.807, 2.05) is 74.5 Å². The lowest BCUT2D eigenvalue weighted by atomic mass is 10.1. The van der Waals surface area contributed by atoms with Crippen LogP contribution in [0.5, 0.6) is 5.75 Å². The first kappa shape index (κ1) is 19.6. The zero-order valence-corrected chi connectivity index (χ0v) is 16.5. The van der Waals surface area contributed by atoms with Crippen molar-refractivity contribution >= 4 is 17.5 Å². The van der Waals surface area contributed by atoms with Crippen molar-refractivity contribution in [1.29, 1.82) is 0 Å². The predicted octanol–water partition coefficient (Wildman–Crippen LogP) is 4.73. The number of nitrogens with one attached hydrogen (secondary N) is 2. The van der Waals surface area contributed by atoms with Gasteiger partial charge in [0, 0.05) is 31.0 Å². The largest absolute Gasteiger partial charge is 0.491 e. The van der Waals surface area contributed by atoms with Crippen LogP contribution in [0.3, 0.4) is 0 Å². The maximum Gasteiger partial charge on any atom is 0.229 e. The fourth-order valence-corrected chi connectivity index (χ4v) is 2.65. The summed E-state index contributed by atoms with van der Waals surface area (Å²) in [6.45, 7) is 5.29. The molecule has 146 valence electrons. The Morgan fingerprint density at radius 1 is 0.964 bits per heavy atom. The molecule has 0 spiro atoms. The monoisotopic (exact) mass is 378 g/mol. The van der Waals surface area contributed by atoms with E-state index in [1.54, 1.807) is 7.11 Å². The number of benzene rings is 2. The van der Waals surface area contributed by atoms with Gasteiger partial charge in [-0.2, -0.15) is 4.98 Å². The maximum atomic E-state index is 5.69. The molecule has 3 aromatic rings. The van der Waals surface area contributed by atoms with Gasteiger partial charge in [0.15, 0.2) is 0 Å². The van der Waals surface area contributed by atoms with Crippen LogP contribution in [-0.2, 0) is 4.74 Å². The quantitative estimate of drug-likeness (QED) is 0.525. The molecule has 0 bridgehead atoms. The second kappa shape index (κ2) is 9.71. The van der Waals surface area contributed by atoms with Gasteiger partial charge in [-0.1, -0.05) is 30.3 Å². The zero-order chi connectivity index (χ0) is 19.8. The van der Waals surface area contributed by atoms with Gasteiger partial charge in [-0.05, 0) is 38.1 Å². The third-order valence-corrected chi connectivity index (χ3v) is 3.89. The molecule has 0 fully saturated rings. The van der Waals surface area contributed by atoms with E-state index in [-0.39, 0.29) is 6.10 Å². The van der Waals surface area contributed by atoms with Gasteiger partial charge in [-0.25, -0.2) is 4.98 Å². The molecule has 0 saturated carbocycles. The van der Waals surface area contributed by atoms with Gasteiger partial charge >= 0.3 is 0 Å². The van der Waals surface area contributed by atoms with Crippen LogP contribution in [0.2, 0.25) is 0 Å². The highest BCUT2D eigenvalue weighted by molar-refractivity contribution is 5.66. The molecule has 6 nitrogen and oxygen atoms in total. The third kappa shape index (κ3) is 5.69. The fraction of sp³-hybridized carbons (Fsp3) is 0.273. The highest BCUT2D eigenvalue weighted by atomic mass is 16.5. The summed E-state index contributed by atoms with van der Waals surface area (Å²) in [5.41, 5.74) is 2.77. The number of hydrogen-bond donors (Lipinski definition) is 2. The Bertz CT molecular complexity index is 867. The Kier molecular flexibility index (Phi) is 6.81. The minimum absolute atomic E-state index is 0.144. The number of hydrogen-bond acceptors (Lipinski definition) is 6. The molecular weight excluding hydrogens is 352 g/mol. The molecule has 3 rings (SSSR count). The Balaban J connectivity index is 1.83. The van der Waals surface area contributed by atoms with Crippen LogP contribution < -0.4 is 15.4 Å². The van der Waals surface area contributed by atoms with Crippen LogP contribution in [0.4, 0.5) is 17.5 Å². The summed E-state index contributed by atoms with van der Waals surface area (Å²) >= 11 is 0. The summed E-state index contributed by atoms with van der Waals surface area (Å²) in [6.07, 6.45) is 0.144. The van der Waals surface area contributed by atoms with Crippen molar-refractivity contribution in [3.8, 4) is 17.0 Å². The first-order valence-electron chi connectivity index (χ1n) is 9.35. The molecule has 0 aliphatic heterocycles. The first-order chi connectivity index (χ1) is 13.6. The van der Waals surface area contributed by atoms with Gasteiger partial charge in [0.2, 0.25) is 5.95 Å². The molecule has 0 amide bonds. The minimum Gasteiger partial charge on any atom is -0.491 e. The summed E-state index contributed by atoms with van der Waals surface area (Å²) in [5.74, 6) is 2.10. The molecule has 0 aliphatic rings. The SMILES string of the molecule is COCCNc1cc(-c2ccccc2)nc(Nc2ccc(OC(C)C)cc2)n1. The lowest BCUT2D eigenvalue weighted by molar-refractivity contribution is 0.210. The lowest BCUT2D eigenvalue weighted by Crippen LogP contribution is -2.10. The highest BCUT2D eigenvalue weighted by Crippen LogP contribution is 2.24. The number of rotatable bonds is 9. The first-order valence-corrected chi connectivity index (χ1v) is 9.35. The Hall–Kier alpha value is -3.12. The van der Waals surface area contributed by atoms with E-state index in [2.05, 4.69) is 20.6 Å². The number of methoxy groups -OCH3 is 1. The van der Waals surface area contributed by atoms with Gasteiger partial charge < -0.3 is 20.1 Å². The van der Waals surface area contributed by atoms with E-state index >= 15 is 0 Å². The summed E-state index contributed by atoms with van der Waals surface area (Å²) in [5, 5.41) is 6.55. The topological polar surface area (TPSA) is 68.3 Å². The van der Waals surface area contributed by atoms with E-state index in [0.29, 0.717) is 19.1 Å². The number of anilines is 3. The predicted molar refractivity (Wildman–Crippen MR) is 113 cm³/mol. The summed E-state index contributed by atoms with van der Waals surface area (Å²) in [6, 6.07) is 19.8. The molecule has 0 aliphatic carbocycles. The van der Waals surface area contributed by atoms with E-state index in [9.17, 15) is 0 Å². The second-order valence-electron chi connectivity index (χ2n) is 6.56. The average Bonchev–Trinajstić information content (AvgIpc) is 2.70. The summed E-state index contributed by atoms with van der Waals surface area (Å²) < 4.78 is 10.8. The van der Waals surface area contributed by atoms with Crippen LogP contribution in [0.15, 0.2) is 60.7 Å². The summed E-state index contributed by atoms with van der Waals surface area (Å²) in [4.78, 5) is 9.25. The van der Waals surface area contributed by atoms with Gasteiger partial charge in [-0.3, -0.25) is 0 Å². The molecule has 1 aromatic heterocycles. The second-order valence-corrected chi connectivity index (χ2v) is 6.56. The third-order valence-electron chi connectivity index (χ3n) is 3.89.